The number of anilines is 1. The number of halogens is 1. The molecule has 0 fully saturated rings. The van der Waals surface area contributed by atoms with Crippen LogP contribution in [-0.4, -0.2) is 20.6 Å². The van der Waals surface area contributed by atoms with E-state index < -0.39 is 21.6 Å². The lowest BCUT2D eigenvalue weighted by molar-refractivity contribution is 0.0998. The third kappa shape index (κ3) is 3.46. The largest absolute Gasteiger partial charge is 0.451 e. The first-order chi connectivity index (χ1) is 11.3. The van der Waals surface area contributed by atoms with Gasteiger partial charge < -0.3 is 9.73 Å². The SMILES string of the molecule is CS(=O)(=O)Cc1c(C(=O)Nc2cccc(F)c2)oc2ccccc12. The maximum Gasteiger partial charge on any atom is 0.291 e. The predicted molar refractivity (Wildman–Crippen MR) is 89.1 cm³/mol. The van der Waals surface area contributed by atoms with E-state index in [-0.39, 0.29) is 17.2 Å². The first kappa shape index (κ1) is 16.2. The summed E-state index contributed by atoms with van der Waals surface area (Å²) in [5.74, 6) is -1.54. The number of nitrogens with one attached hydrogen (secondary N) is 1. The highest BCUT2D eigenvalue weighted by atomic mass is 32.2. The molecule has 0 saturated heterocycles. The zero-order valence-corrected chi connectivity index (χ0v) is 13.6. The normalized spacial score (nSPS) is 11.6. The van der Waals surface area contributed by atoms with Gasteiger partial charge in [-0.25, -0.2) is 12.8 Å². The van der Waals surface area contributed by atoms with Crippen LogP contribution >= 0.6 is 0 Å². The van der Waals surface area contributed by atoms with Crippen LogP contribution in [0.2, 0.25) is 0 Å². The molecule has 0 atom stereocenters. The zero-order valence-electron chi connectivity index (χ0n) is 12.7. The van der Waals surface area contributed by atoms with E-state index in [2.05, 4.69) is 5.32 Å². The minimum atomic E-state index is -3.37. The van der Waals surface area contributed by atoms with Crippen LogP contribution in [0.15, 0.2) is 52.9 Å². The Kier molecular flexibility index (Phi) is 4.11. The van der Waals surface area contributed by atoms with Crippen molar-refractivity contribution in [1.82, 2.24) is 0 Å². The number of sulfone groups is 1. The number of carbonyl (C=O) groups is 1. The van der Waals surface area contributed by atoms with Crippen molar-refractivity contribution in [3.05, 3.63) is 65.7 Å². The summed E-state index contributed by atoms with van der Waals surface area (Å²) in [6.07, 6.45) is 1.09. The number of carbonyl (C=O) groups excluding carboxylic acids is 1. The molecular weight excluding hydrogens is 333 g/mol. The van der Waals surface area contributed by atoms with Gasteiger partial charge in [-0.3, -0.25) is 4.79 Å². The predicted octanol–water partition coefficient (Wildman–Crippen LogP) is 3.37. The number of furan rings is 1. The number of amides is 1. The summed E-state index contributed by atoms with van der Waals surface area (Å²) in [6.45, 7) is 0. The van der Waals surface area contributed by atoms with E-state index in [4.69, 9.17) is 4.42 Å². The van der Waals surface area contributed by atoms with Crippen LogP contribution in [0.1, 0.15) is 16.1 Å². The number of para-hydroxylation sites is 1. The minimum absolute atomic E-state index is 0.0918. The Bertz CT molecular complexity index is 1020. The summed E-state index contributed by atoms with van der Waals surface area (Å²) in [7, 11) is -3.37. The number of fused-ring (bicyclic) bond motifs is 1. The first-order valence-corrected chi connectivity index (χ1v) is 9.14. The molecule has 0 spiro atoms. The average Bonchev–Trinajstić information content (AvgIpc) is 2.84. The zero-order chi connectivity index (χ0) is 17.3. The van der Waals surface area contributed by atoms with Gasteiger partial charge in [-0.1, -0.05) is 24.3 Å². The van der Waals surface area contributed by atoms with Gasteiger partial charge in [0.25, 0.3) is 5.91 Å². The van der Waals surface area contributed by atoms with Crippen LogP contribution in [0.4, 0.5) is 10.1 Å². The van der Waals surface area contributed by atoms with E-state index in [1.807, 2.05) is 0 Å². The fourth-order valence-corrected chi connectivity index (χ4v) is 3.25. The summed E-state index contributed by atoms with van der Waals surface area (Å²) >= 11 is 0. The Morgan fingerprint density at radius 3 is 2.62 bits per heavy atom. The number of rotatable bonds is 4. The van der Waals surface area contributed by atoms with Crippen molar-refractivity contribution in [3.8, 4) is 0 Å². The third-order valence-corrected chi connectivity index (χ3v) is 4.21. The van der Waals surface area contributed by atoms with Crippen molar-refractivity contribution >= 4 is 32.4 Å². The van der Waals surface area contributed by atoms with E-state index in [1.54, 1.807) is 24.3 Å². The highest BCUT2D eigenvalue weighted by Crippen LogP contribution is 2.28. The molecule has 1 heterocycles. The van der Waals surface area contributed by atoms with E-state index >= 15 is 0 Å². The van der Waals surface area contributed by atoms with Crippen LogP contribution < -0.4 is 5.32 Å². The molecule has 0 bridgehead atoms. The van der Waals surface area contributed by atoms with Crippen molar-refractivity contribution in [2.24, 2.45) is 0 Å². The topological polar surface area (TPSA) is 76.4 Å². The smallest absolute Gasteiger partial charge is 0.291 e. The van der Waals surface area contributed by atoms with Gasteiger partial charge >= 0.3 is 0 Å². The van der Waals surface area contributed by atoms with Gasteiger partial charge in [-0.15, -0.1) is 0 Å². The third-order valence-electron chi connectivity index (χ3n) is 3.39. The fourth-order valence-electron chi connectivity index (χ4n) is 2.44. The van der Waals surface area contributed by atoms with E-state index in [0.717, 1.165) is 12.3 Å². The van der Waals surface area contributed by atoms with Crippen LogP contribution in [0.5, 0.6) is 0 Å². The van der Waals surface area contributed by atoms with Gasteiger partial charge in [0, 0.05) is 22.9 Å². The highest BCUT2D eigenvalue weighted by molar-refractivity contribution is 7.89. The molecule has 3 rings (SSSR count). The van der Waals surface area contributed by atoms with Crippen molar-refractivity contribution in [1.29, 1.82) is 0 Å². The molecule has 7 heteroatoms. The van der Waals surface area contributed by atoms with Crippen LogP contribution in [0, 0.1) is 5.82 Å². The van der Waals surface area contributed by atoms with Crippen molar-refractivity contribution in [2.45, 2.75) is 5.75 Å². The molecule has 2 aromatic carbocycles. The lowest BCUT2D eigenvalue weighted by atomic mass is 10.1. The number of benzene rings is 2. The molecule has 0 aliphatic heterocycles. The lowest BCUT2D eigenvalue weighted by Crippen LogP contribution is -2.14. The number of hydrogen-bond acceptors (Lipinski definition) is 4. The molecule has 1 amide bonds. The van der Waals surface area contributed by atoms with Crippen LogP contribution in [0.3, 0.4) is 0 Å². The van der Waals surface area contributed by atoms with Crippen LogP contribution in [0.25, 0.3) is 11.0 Å². The Morgan fingerprint density at radius 2 is 1.92 bits per heavy atom. The molecule has 3 aromatic rings. The van der Waals surface area contributed by atoms with Crippen molar-refractivity contribution in [3.63, 3.8) is 0 Å². The fraction of sp³-hybridized carbons (Fsp3) is 0.118. The second-order valence-electron chi connectivity index (χ2n) is 5.44. The van der Waals surface area contributed by atoms with Crippen LogP contribution in [-0.2, 0) is 15.6 Å². The van der Waals surface area contributed by atoms with Gasteiger partial charge in [-0.05, 0) is 24.3 Å². The monoisotopic (exact) mass is 347 g/mol. The van der Waals surface area contributed by atoms with Gasteiger partial charge in [-0.2, -0.15) is 0 Å². The minimum Gasteiger partial charge on any atom is -0.451 e. The Balaban J connectivity index is 2.04. The maximum absolute atomic E-state index is 13.2. The van der Waals surface area contributed by atoms with Gasteiger partial charge in [0.2, 0.25) is 0 Å². The Labute approximate surface area is 138 Å². The van der Waals surface area contributed by atoms with Crippen molar-refractivity contribution in [2.75, 3.05) is 11.6 Å². The molecule has 1 aromatic heterocycles. The molecule has 5 nitrogen and oxygen atoms in total. The molecule has 24 heavy (non-hydrogen) atoms. The average molecular weight is 347 g/mol. The van der Waals surface area contributed by atoms with Gasteiger partial charge in [0.15, 0.2) is 15.6 Å². The molecule has 0 saturated carbocycles. The quantitative estimate of drug-likeness (QED) is 0.785. The van der Waals surface area contributed by atoms with Gasteiger partial charge in [0.05, 0.1) is 5.75 Å². The summed E-state index contributed by atoms with van der Waals surface area (Å²) in [4.78, 5) is 12.5. The van der Waals surface area contributed by atoms with Gasteiger partial charge in [0.1, 0.15) is 11.4 Å². The number of hydrogen-bond donors (Lipinski definition) is 1. The van der Waals surface area contributed by atoms with Crippen molar-refractivity contribution < 1.29 is 22.0 Å². The maximum atomic E-state index is 13.2. The Hall–Kier alpha value is -2.67. The Morgan fingerprint density at radius 1 is 1.17 bits per heavy atom. The molecule has 0 radical (unpaired) electrons. The molecule has 124 valence electrons. The second-order valence-corrected chi connectivity index (χ2v) is 7.58. The van der Waals surface area contributed by atoms with E-state index in [0.29, 0.717) is 16.5 Å². The second kappa shape index (κ2) is 6.09. The summed E-state index contributed by atoms with van der Waals surface area (Å²) in [5, 5.41) is 3.08. The molecule has 0 aliphatic carbocycles. The summed E-state index contributed by atoms with van der Waals surface area (Å²) in [6, 6.07) is 12.2. The molecule has 1 N–H and O–H groups in total. The summed E-state index contributed by atoms with van der Waals surface area (Å²) < 4.78 is 42.2. The first-order valence-electron chi connectivity index (χ1n) is 7.08. The van der Waals surface area contributed by atoms with E-state index in [9.17, 15) is 17.6 Å². The molecule has 0 aliphatic rings. The standard InChI is InChI=1S/C17H14FNO4S/c1-24(21,22)10-14-13-7-2-3-8-15(13)23-16(14)17(20)19-12-6-4-5-11(18)9-12/h2-9H,10H2,1H3,(H,19,20). The highest BCUT2D eigenvalue weighted by Gasteiger charge is 2.23. The molecule has 0 unspecified atom stereocenters. The summed E-state index contributed by atoms with van der Waals surface area (Å²) in [5.41, 5.74) is 0.966. The van der Waals surface area contributed by atoms with E-state index in [1.165, 1.54) is 18.2 Å². The lowest BCUT2D eigenvalue weighted by Gasteiger charge is -2.05. The molecular formula is C17H14FNO4S.